The van der Waals surface area contributed by atoms with E-state index in [1.807, 2.05) is 56.3 Å². The van der Waals surface area contributed by atoms with Crippen molar-refractivity contribution in [2.75, 3.05) is 32.9 Å². The van der Waals surface area contributed by atoms with Crippen molar-refractivity contribution in [3.8, 4) is 5.75 Å². The summed E-state index contributed by atoms with van der Waals surface area (Å²) in [6.07, 6.45) is 0. The van der Waals surface area contributed by atoms with Crippen molar-refractivity contribution in [2.45, 2.75) is 26.4 Å². The molecule has 1 N–H and O–H groups in total. The zero-order valence-electron chi connectivity index (χ0n) is 17.5. The SMILES string of the molecule is CCOc1cccc2cc(C(C)NC(=O)c3cccc(CN4CCOCC4)c3)oc12. The van der Waals surface area contributed by atoms with E-state index in [0.717, 1.165) is 49.5 Å². The number of morpholine rings is 1. The van der Waals surface area contributed by atoms with Crippen LogP contribution in [0.5, 0.6) is 5.75 Å². The molecule has 30 heavy (non-hydrogen) atoms. The maximum absolute atomic E-state index is 12.8. The summed E-state index contributed by atoms with van der Waals surface area (Å²) in [6, 6.07) is 15.3. The highest BCUT2D eigenvalue weighted by Gasteiger charge is 2.18. The Morgan fingerprint density at radius 2 is 1.97 bits per heavy atom. The number of para-hydroxylation sites is 1. The van der Waals surface area contributed by atoms with Crippen molar-refractivity contribution in [3.63, 3.8) is 0 Å². The summed E-state index contributed by atoms with van der Waals surface area (Å²) in [6.45, 7) is 8.63. The Balaban J connectivity index is 1.45. The van der Waals surface area contributed by atoms with Gasteiger partial charge in [0.05, 0.1) is 25.9 Å². The van der Waals surface area contributed by atoms with Crippen LogP contribution in [0, 0.1) is 0 Å². The van der Waals surface area contributed by atoms with Crippen molar-refractivity contribution < 1.29 is 18.7 Å². The van der Waals surface area contributed by atoms with Crippen LogP contribution in [-0.2, 0) is 11.3 Å². The standard InChI is InChI=1S/C24H28N2O4/c1-3-29-21-9-5-7-19-15-22(30-23(19)21)17(2)25-24(27)20-8-4-6-18(14-20)16-26-10-12-28-13-11-26/h4-9,14-15,17H,3,10-13,16H2,1-2H3,(H,25,27). The molecule has 1 fully saturated rings. The fourth-order valence-electron chi connectivity index (χ4n) is 3.72. The number of fused-ring (bicyclic) bond motifs is 1. The molecular formula is C24H28N2O4. The van der Waals surface area contributed by atoms with E-state index in [1.54, 1.807) is 0 Å². The fourth-order valence-corrected chi connectivity index (χ4v) is 3.72. The number of ether oxygens (including phenoxy) is 2. The Labute approximate surface area is 176 Å². The van der Waals surface area contributed by atoms with E-state index in [-0.39, 0.29) is 11.9 Å². The van der Waals surface area contributed by atoms with Gasteiger partial charge in [0.15, 0.2) is 11.3 Å². The van der Waals surface area contributed by atoms with Gasteiger partial charge in [-0.2, -0.15) is 0 Å². The Morgan fingerprint density at radius 1 is 1.17 bits per heavy atom. The molecule has 6 heteroatoms. The summed E-state index contributed by atoms with van der Waals surface area (Å²) in [7, 11) is 0. The molecule has 2 aromatic carbocycles. The topological polar surface area (TPSA) is 63.9 Å². The van der Waals surface area contributed by atoms with E-state index >= 15 is 0 Å². The average Bonchev–Trinajstić information content (AvgIpc) is 3.20. The van der Waals surface area contributed by atoms with Gasteiger partial charge in [-0.15, -0.1) is 0 Å². The molecule has 2 heterocycles. The maximum atomic E-state index is 12.8. The highest BCUT2D eigenvalue weighted by molar-refractivity contribution is 5.94. The van der Waals surface area contributed by atoms with Crippen LogP contribution in [0.25, 0.3) is 11.0 Å². The average molecular weight is 408 g/mol. The lowest BCUT2D eigenvalue weighted by atomic mass is 10.1. The van der Waals surface area contributed by atoms with Crippen LogP contribution in [0.1, 0.15) is 41.6 Å². The monoisotopic (exact) mass is 408 g/mol. The van der Waals surface area contributed by atoms with Crippen LogP contribution >= 0.6 is 0 Å². The largest absolute Gasteiger partial charge is 0.490 e. The minimum absolute atomic E-state index is 0.114. The Bertz CT molecular complexity index is 1010. The third-order valence-electron chi connectivity index (χ3n) is 5.30. The Morgan fingerprint density at radius 3 is 2.77 bits per heavy atom. The van der Waals surface area contributed by atoms with E-state index < -0.39 is 0 Å². The van der Waals surface area contributed by atoms with Crippen molar-refractivity contribution in [3.05, 3.63) is 65.4 Å². The van der Waals surface area contributed by atoms with Crippen LogP contribution in [0.15, 0.2) is 52.9 Å². The minimum Gasteiger partial charge on any atom is -0.490 e. The lowest BCUT2D eigenvalue weighted by Crippen LogP contribution is -2.35. The second kappa shape index (κ2) is 9.32. The molecular weight excluding hydrogens is 380 g/mol. The fraction of sp³-hybridized carbons (Fsp3) is 0.375. The third-order valence-corrected chi connectivity index (χ3v) is 5.30. The molecule has 0 aliphatic carbocycles. The summed E-state index contributed by atoms with van der Waals surface area (Å²) in [5.74, 6) is 1.31. The number of nitrogens with zero attached hydrogens (tertiary/aromatic N) is 1. The zero-order chi connectivity index (χ0) is 20.9. The van der Waals surface area contributed by atoms with E-state index in [1.165, 1.54) is 0 Å². The quantitative estimate of drug-likeness (QED) is 0.636. The van der Waals surface area contributed by atoms with Gasteiger partial charge in [0.25, 0.3) is 5.91 Å². The van der Waals surface area contributed by atoms with Gasteiger partial charge >= 0.3 is 0 Å². The first kappa shape index (κ1) is 20.4. The van der Waals surface area contributed by atoms with Crippen LogP contribution < -0.4 is 10.1 Å². The molecule has 6 nitrogen and oxygen atoms in total. The Hall–Kier alpha value is -2.83. The molecule has 1 unspecified atom stereocenters. The lowest BCUT2D eigenvalue weighted by Gasteiger charge is -2.26. The number of nitrogens with one attached hydrogen (secondary N) is 1. The van der Waals surface area contributed by atoms with Gasteiger partial charge < -0.3 is 19.2 Å². The van der Waals surface area contributed by atoms with E-state index in [9.17, 15) is 4.79 Å². The number of furan rings is 1. The van der Waals surface area contributed by atoms with Gasteiger partial charge in [-0.3, -0.25) is 9.69 Å². The van der Waals surface area contributed by atoms with Crippen LogP contribution in [0.3, 0.4) is 0 Å². The first-order valence-electron chi connectivity index (χ1n) is 10.5. The molecule has 1 amide bonds. The second-order valence-corrected chi connectivity index (χ2v) is 7.54. The molecule has 4 rings (SSSR count). The molecule has 1 aliphatic heterocycles. The molecule has 0 bridgehead atoms. The third kappa shape index (κ3) is 4.66. The van der Waals surface area contributed by atoms with Gasteiger partial charge in [0.2, 0.25) is 0 Å². The van der Waals surface area contributed by atoms with Gasteiger partial charge in [-0.25, -0.2) is 0 Å². The number of benzene rings is 2. The predicted octanol–water partition coefficient (Wildman–Crippen LogP) is 4.15. The summed E-state index contributed by atoms with van der Waals surface area (Å²) < 4.78 is 17.1. The molecule has 3 aromatic rings. The van der Waals surface area contributed by atoms with E-state index in [0.29, 0.717) is 23.5 Å². The van der Waals surface area contributed by atoms with Crippen LogP contribution in [0.4, 0.5) is 0 Å². The predicted molar refractivity (Wildman–Crippen MR) is 116 cm³/mol. The Kier molecular flexibility index (Phi) is 6.35. The molecule has 158 valence electrons. The highest BCUT2D eigenvalue weighted by atomic mass is 16.5. The molecule has 0 radical (unpaired) electrons. The summed E-state index contributed by atoms with van der Waals surface area (Å²) >= 11 is 0. The molecule has 0 saturated carbocycles. The summed E-state index contributed by atoms with van der Waals surface area (Å²) in [5.41, 5.74) is 2.49. The number of carbonyl (C=O) groups is 1. The highest BCUT2D eigenvalue weighted by Crippen LogP contribution is 2.31. The normalized spacial score (nSPS) is 15.8. The first-order chi connectivity index (χ1) is 14.6. The smallest absolute Gasteiger partial charge is 0.251 e. The van der Waals surface area contributed by atoms with Crippen LogP contribution in [0.2, 0.25) is 0 Å². The number of amides is 1. The van der Waals surface area contributed by atoms with Crippen LogP contribution in [-0.4, -0.2) is 43.7 Å². The molecule has 0 spiro atoms. The summed E-state index contributed by atoms with van der Waals surface area (Å²) in [5, 5.41) is 4.01. The molecule has 1 atom stereocenters. The summed E-state index contributed by atoms with van der Waals surface area (Å²) in [4.78, 5) is 15.2. The van der Waals surface area contributed by atoms with E-state index in [4.69, 9.17) is 13.9 Å². The first-order valence-corrected chi connectivity index (χ1v) is 10.5. The minimum atomic E-state index is -0.262. The lowest BCUT2D eigenvalue weighted by molar-refractivity contribution is 0.0342. The molecule has 1 aromatic heterocycles. The maximum Gasteiger partial charge on any atom is 0.251 e. The number of rotatable bonds is 7. The number of hydrogen-bond donors (Lipinski definition) is 1. The van der Waals surface area contributed by atoms with Gasteiger partial charge in [-0.1, -0.05) is 24.3 Å². The zero-order valence-corrected chi connectivity index (χ0v) is 17.5. The van der Waals surface area contributed by atoms with Crippen molar-refractivity contribution in [1.82, 2.24) is 10.2 Å². The van der Waals surface area contributed by atoms with Gasteiger partial charge in [-0.05, 0) is 43.7 Å². The number of hydrogen-bond acceptors (Lipinski definition) is 5. The van der Waals surface area contributed by atoms with Gasteiger partial charge in [0.1, 0.15) is 5.76 Å². The van der Waals surface area contributed by atoms with Gasteiger partial charge in [0, 0.05) is 30.6 Å². The second-order valence-electron chi connectivity index (χ2n) is 7.54. The molecule has 1 aliphatic rings. The van der Waals surface area contributed by atoms with Crippen molar-refractivity contribution >= 4 is 16.9 Å². The van der Waals surface area contributed by atoms with Crippen molar-refractivity contribution in [1.29, 1.82) is 0 Å². The molecule has 1 saturated heterocycles. The number of carbonyl (C=O) groups excluding carboxylic acids is 1. The van der Waals surface area contributed by atoms with E-state index in [2.05, 4.69) is 16.3 Å². The van der Waals surface area contributed by atoms with Crippen molar-refractivity contribution in [2.24, 2.45) is 0 Å².